The molecular formula is C10H16N2O2. The predicted molar refractivity (Wildman–Crippen MR) is 51.6 cm³/mol. The maximum absolute atomic E-state index is 11.9. The van der Waals surface area contributed by atoms with E-state index in [4.69, 9.17) is 0 Å². The van der Waals surface area contributed by atoms with Crippen molar-refractivity contribution in [1.82, 2.24) is 10.2 Å². The molecule has 0 aromatic heterocycles. The number of nitrogens with zero attached hydrogens (tertiary/aromatic N) is 1. The first-order chi connectivity index (χ1) is 6.74. The Labute approximate surface area is 83.6 Å². The number of amides is 2. The minimum atomic E-state index is -0.262. The second-order valence-corrected chi connectivity index (χ2v) is 4.04. The lowest BCUT2D eigenvalue weighted by Crippen LogP contribution is -2.60. The van der Waals surface area contributed by atoms with E-state index in [9.17, 15) is 9.59 Å². The third-order valence-electron chi connectivity index (χ3n) is 3.03. The van der Waals surface area contributed by atoms with Gasteiger partial charge in [-0.1, -0.05) is 13.3 Å². The van der Waals surface area contributed by atoms with Gasteiger partial charge in [-0.2, -0.15) is 0 Å². The predicted octanol–water partition coefficient (Wildman–Crippen LogP) is 0.276. The third-order valence-corrected chi connectivity index (χ3v) is 3.03. The van der Waals surface area contributed by atoms with Crippen molar-refractivity contribution < 1.29 is 9.59 Å². The summed E-state index contributed by atoms with van der Waals surface area (Å²) in [7, 11) is 0. The van der Waals surface area contributed by atoms with Gasteiger partial charge in [-0.25, -0.2) is 0 Å². The summed E-state index contributed by atoms with van der Waals surface area (Å²) in [5, 5.41) is 2.81. The Morgan fingerprint density at radius 2 is 2.29 bits per heavy atom. The fraction of sp³-hybridized carbons (Fsp3) is 0.800. The van der Waals surface area contributed by atoms with Crippen molar-refractivity contribution in [2.75, 3.05) is 6.54 Å². The van der Waals surface area contributed by atoms with Crippen LogP contribution < -0.4 is 5.32 Å². The first-order valence-corrected chi connectivity index (χ1v) is 5.35. The zero-order valence-electron chi connectivity index (χ0n) is 8.45. The van der Waals surface area contributed by atoms with Crippen LogP contribution in [0, 0.1) is 0 Å². The fourth-order valence-corrected chi connectivity index (χ4v) is 2.32. The molecule has 2 fully saturated rings. The third kappa shape index (κ3) is 1.38. The van der Waals surface area contributed by atoms with Crippen molar-refractivity contribution in [1.29, 1.82) is 0 Å². The molecule has 14 heavy (non-hydrogen) atoms. The number of carbonyl (C=O) groups is 2. The number of piperazine rings is 1. The Bertz CT molecular complexity index is 265. The molecule has 1 N–H and O–H groups in total. The van der Waals surface area contributed by atoms with E-state index in [-0.39, 0.29) is 23.9 Å². The second kappa shape index (κ2) is 3.59. The van der Waals surface area contributed by atoms with Crippen LogP contribution in [-0.4, -0.2) is 35.3 Å². The van der Waals surface area contributed by atoms with Crippen LogP contribution in [0.3, 0.4) is 0 Å². The van der Waals surface area contributed by atoms with Crippen molar-refractivity contribution in [3.63, 3.8) is 0 Å². The van der Waals surface area contributed by atoms with Crippen molar-refractivity contribution in [2.45, 2.75) is 44.7 Å². The maximum Gasteiger partial charge on any atom is 0.245 e. The minimum Gasteiger partial charge on any atom is -0.343 e. The van der Waals surface area contributed by atoms with Crippen LogP contribution in [0.2, 0.25) is 0 Å². The van der Waals surface area contributed by atoms with E-state index in [0.29, 0.717) is 0 Å². The molecule has 2 aliphatic rings. The minimum absolute atomic E-state index is 0.0422. The van der Waals surface area contributed by atoms with Crippen molar-refractivity contribution in [2.24, 2.45) is 0 Å². The molecule has 0 radical (unpaired) electrons. The second-order valence-electron chi connectivity index (χ2n) is 4.04. The standard InChI is InChI=1S/C10H16N2O2/c1-2-4-7-10(14)12-6-3-5-8(12)9(13)11-7/h7-8H,2-6H2,1H3,(H,11,13)/t7-,8-/m0/s1. The van der Waals surface area contributed by atoms with E-state index in [1.165, 1.54) is 0 Å². The summed E-state index contributed by atoms with van der Waals surface area (Å²) in [5.74, 6) is 0.162. The van der Waals surface area contributed by atoms with E-state index in [2.05, 4.69) is 5.32 Å². The van der Waals surface area contributed by atoms with Crippen molar-refractivity contribution in [3.05, 3.63) is 0 Å². The molecule has 2 heterocycles. The SMILES string of the molecule is CCC[C@@H]1NC(=O)[C@@H]2CCCN2C1=O. The quantitative estimate of drug-likeness (QED) is 0.689. The first-order valence-electron chi connectivity index (χ1n) is 5.35. The average molecular weight is 196 g/mol. The number of fused-ring (bicyclic) bond motifs is 1. The zero-order valence-corrected chi connectivity index (χ0v) is 8.45. The highest BCUT2D eigenvalue weighted by Gasteiger charge is 2.42. The van der Waals surface area contributed by atoms with Gasteiger partial charge in [0.15, 0.2) is 0 Å². The molecule has 0 aromatic carbocycles. The van der Waals surface area contributed by atoms with Crippen LogP contribution >= 0.6 is 0 Å². The molecule has 0 aromatic rings. The topological polar surface area (TPSA) is 49.4 Å². The molecule has 0 saturated carbocycles. The van der Waals surface area contributed by atoms with Crippen LogP contribution in [0.4, 0.5) is 0 Å². The smallest absolute Gasteiger partial charge is 0.245 e. The van der Waals surface area contributed by atoms with Crippen molar-refractivity contribution >= 4 is 11.8 Å². The summed E-state index contributed by atoms with van der Waals surface area (Å²) in [5.41, 5.74) is 0. The summed E-state index contributed by atoms with van der Waals surface area (Å²) < 4.78 is 0. The number of hydrogen-bond acceptors (Lipinski definition) is 2. The monoisotopic (exact) mass is 196 g/mol. The molecule has 2 rings (SSSR count). The van der Waals surface area contributed by atoms with E-state index >= 15 is 0 Å². The molecule has 2 atom stereocenters. The molecule has 0 spiro atoms. The summed E-state index contributed by atoms with van der Waals surface area (Å²) in [4.78, 5) is 25.2. The van der Waals surface area contributed by atoms with Gasteiger partial charge in [-0.05, 0) is 19.3 Å². The van der Waals surface area contributed by atoms with E-state index in [1.807, 2.05) is 6.92 Å². The summed E-state index contributed by atoms with van der Waals surface area (Å²) >= 11 is 0. The number of nitrogens with one attached hydrogen (secondary N) is 1. The van der Waals surface area contributed by atoms with Gasteiger partial charge >= 0.3 is 0 Å². The highest BCUT2D eigenvalue weighted by Crippen LogP contribution is 2.22. The highest BCUT2D eigenvalue weighted by atomic mass is 16.2. The van der Waals surface area contributed by atoms with Gasteiger partial charge in [0, 0.05) is 6.54 Å². The van der Waals surface area contributed by atoms with Crippen LogP contribution in [-0.2, 0) is 9.59 Å². The Balaban J connectivity index is 2.12. The molecule has 2 saturated heterocycles. The Morgan fingerprint density at radius 3 is 3.00 bits per heavy atom. The normalized spacial score (nSPS) is 31.6. The molecule has 4 heteroatoms. The number of carbonyl (C=O) groups excluding carboxylic acids is 2. The summed E-state index contributed by atoms with van der Waals surface area (Å²) in [6.07, 6.45) is 3.47. The largest absolute Gasteiger partial charge is 0.343 e. The Kier molecular flexibility index (Phi) is 2.44. The molecule has 0 bridgehead atoms. The van der Waals surface area contributed by atoms with Gasteiger partial charge < -0.3 is 10.2 Å². The highest BCUT2D eigenvalue weighted by molar-refractivity contribution is 5.97. The van der Waals surface area contributed by atoms with Gasteiger partial charge in [-0.15, -0.1) is 0 Å². The fourth-order valence-electron chi connectivity index (χ4n) is 2.32. The van der Waals surface area contributed by atoms with Crippen LogP contribution in [0.5, 0.6) is 0 Å². The summed E-state index contributed by atoms with van der Waals surface area (Å²) in [6, 6.07) is -0.433. The van der Waals surface area contributed by atoms with Crippen molar-refractivity contribution in [3.8, 4) is 0 Å². The lowest BCUT2D eigenvalue weighted by molar-refractivity contribution is -0.147. The molecule has 2 amide bonds. The van der Waals surface area contributed by atoms with Gasteiger partial charge in [0.05, 0.1) is 0 Å². The van der Waals surface area contributed by atoms with Crippen LogP contribution in [0.1, 0.15) is 32.6 Å². The zero-order chi connectivity index (χ0) is 10.1. The number of rotatable bonds is 2. The van der Waals surface area contributed by atoms with Crippen LogP contribution in [0.15, 0.2) is 0 Å². The average Bonchev–Trinajstić information content (AvgIpc) is 2.63. The summed E-state index contributed by atoms with van der Waals surface area (Å²) in [6.45, 7) is 2.78. The first kappa shape index (κ1) is 9.49. The van der Waals surface area contributed by atoms with Crippen LogP contribution in [0.25, 0.3) is 0 Å². The molecule has 2 aliphatic heterocycles. The molecular weight excluding hydrogens is 180 g/mol. The maximum atomic E-state index is 11.9. The van der Waals surface area contributed by atoms with Gasteiger partial charge in [-0.3, -0.25) is 9.59 Å². The van der Waals surface area contributed by atoms with E-state index in [0.717, 1.165) is 32.2 Å². The number of hydrogen-bond donors (Lipinski definition) is 1. The van der Waals surface area contributed by atoms with Gasteiger partial charge in [0.1, 0.15) is 12.1 Å². The lowest BCUT2D eigenvalue weighted by atomic mass is 10.0. The van der Waals surface area contributed by atoms with E-state index < -0.39 is 0 Å². The lowest BCUT2D eigenvalue weighted by Gasteiger charge is -2.34. The van der Waals surface area contributed by atoms with E-state index in [1.54, 1.807) is 4.90 Å². The Hall–Kier alpha value is -1.06. The molecule has 0 unspecified atom stereocenters. The molecule has 4 nitrogen and oxygen atoms in total. The Morgan fingerprint density at radius 1 is 1.50 bits per heavy atom. The van der Waals surface area contributed by atoms with Gasteiger partial charge in [0.2, 0.25) is 11.8 Å². The van der Waals surface area contributed by atoms with Gasteiger partial charge in [0.25, 0.3) is 0 Å². The molecule has 78 valence electrons. The molecule has 0 aliphatic carbocycles.